The monoisotopic (exact) mass is 221 g/mol. The van der Waals surface area contributed by atoms with Gasteiger partial charge in [-0.25, -0.2) is 9.97 Å². The number of halogens is 1. The largest absolute Gasteiger partial charge is 0.251 e. The molecule has 4 heteroatoms. The Balaban J connectivity index is 2.64. The second-order valence-corrected chi connectivity index (χ2v) is 4.87. The van der Waals surface area contributed by atoms with Gasteiger partial charge in [0.15, 0.2) is 5.65 Å². The topological polar surface area (TPSA) is 38.7 Å². The molecule has 78 valence electrons. The molecule has 0 fully saturated rings. The Kier molecular flexibility index (Phi) is 2.35. The van der Waals surface area contributed by atoms with E-state index in [0.29, 0.717) is 10.8 Å². The van der Waals surface area contributed by atoms with Gasteiger partial charge in [-0.3, -0.25) is 4.98 Å². The minimum absolute atomic E-state index is 0.0226. The van der Waals surface area contributed by atoms with Crippen LogP contribution in [0.5, 0.6) is 0 Å². The number of hydrogen-bond donors (Lipinski definition) is 0. The van der Waals surface area contributed by atoms with E-state index in [1.54, 1.807) is 12.3 Å². The fourth-order valence-electron chi connectivity index (χ4n) is 1.24. The van der Waals surface area contributed by atoms with Crippen LogP contribution in [-0.2, 0) is 5.41 Å². The molecule has 3 nitrogen and oxygen atoms in total. The molecule has 0 aromatic carbocycles. The van der Waals surface area contributed by atoms with Gasteiger partial charge >= 0.3 is 0 Å². The smallest absolute Gasteiger partial charge is 0.179 e. The lowest BCUT2D eigenvalue weighted by molar-refractivity contribution is 0.568. The van der Waals surface area contributed by atoms with Gasteiger partial charge in [-0.15, -0.1) is 0 Å². The number of nitrogens with zero attached hydrogens (tertiary/aromatic N) is 3. The maximum Gasteiger partial charge on any atom is 0.179 e. The summed E-state index contributed by atoms with van der Waals surface area (Å²) in [5.41, 5.74) is 2.28. The van der Waals surface area contributed by atoms with E-state index in [1.165, 1.54) is 0 Å². The summed E-state index contributed by atoms with van der Waals surface area (Å²) in [6.45, 7) is 6.27. The third-order valence-electron chi connectivity index (χ3n) is 2.14. The highest BCUT2D eigenvalue weighted by molar-refractivity contribution is 6.29. The fourth-order valence-corrected chi connectivity index (χ4v) is 1.38. The summed E-state index contributed by atoms with van der Waals surface area (Å²) in [7, 11) is 0. The average molecular weight is 222 g/mol. The summed E-state index contributed by atoms with van der Waals surface area (Å²) in [5.74, 6) is 0. The predicted molar refractivity (Wildman–Crippen MR) is 61.0 cm³/mol. The molecule has 0 amide bonds. The van der Waals surface area contributed by atoms with Crippen LogP contribution in [0.4, 0.5) is 0 Å². The Hall–Kier alpha value is -1.22. The average Bonchev–Trinajstić information content (AvgIpc) is 2.15. The molecule has 2 aromatic rings. The van der Waals surface area contributed by atoms with Gasteiger partial charge in [-0.05, 0) is 12.1 Å². The highest BCUT2D eigenvalue weighted by atomic mass is 35.5. The normalized spacial score (nSPS) is 12.0. The van der Waals surface area contributed by atoms with Crippen molar-refractivity contribution in [3.63, 3.8) is 0 Å². The maximum absolute atomic E-state index is 5.81. The zero-order valence-electron chi connectivity index (χ0n) is 8.95. The number of hydrogen-bond acceptors (Lipinski definition) is 3. The van der Waals surface area contributed by atoms with Crippen LogP contribution < -0.4 is 0 Å². The lowest BCUT2D eigenvalue weighted by atomic mass is 9.93. The van der Waals surface area contributed by atoms with Crippen molar-refractivity contribution in [3.05, 3.63) is 29.2 Å². The van der Waals surface area contributed by atoms with Crippen molar-refractivity contribution in [1.29, 1.82) is 0 Å². The van der Waals surface area contributed by atoms with Gasteiger partial charge in [-0.2, -0.15) is 0 Å². The van der Waals surface area contributed by atoms with Gasteiger partial charge in [0.05, 0.1) is 5.69 Å². The number of pyridine rings is 1. The van der Waals surface area contributed by atoms with Crippen LogP contribution in [0.3, 0.4) is 0 Å². The Bertz CT molecular complexity index is 503. The lowest BCUT2D eigenvalue weighted by Gasteiger charge is -2.16. The number of fused-ring (bicyclic) bond motifs is 1. The van der Waals surface area contributed by atoms with E-state index in [4.69, 9.17) is 11.6 Å². The van der Waals surface area contributed by atoms with E-state index >= 15 is 0 Å². The van der Waals surface area contributed by atoms with Gasteiger partial charge in [-0.1, -0.05) is 32.4 Å². The number of aromatic nitrogens is 3. The number of rotatable bonds is 0. The highest BCUT2D eigenvalue weighted by Crippen LogP contribution is 2.21. The third kappa shape index (κ3) is 2.07. The van der Waals surface area contributed by atoms with E-state index in [0.717, 1.165) is 11.2 Å². The van der Waals surface area contributed by atoms with Crippen LogP contribution in [0.15, 0.2) is 18.3 Å². The molecule has 0 aliphatic carbocycles. The first-order chi connectivity index (χ1) is 6.97. The molecule has 2 rings (SSSR count). The Morgan fingerprint density at radius 2 is 1.87 bits per heavy atom. The summed E-state index contributed by atoms with van der Waals surface area (Å²) < 4.78 is 0. The van der Waals surface area contributed by atoms with E-state index in [2.05, 4.69) is 35.7 Å². The summed E-state index contributed by atoms with van der Waals surface area (Å²) in [6.07, 6.45) is 1.79. The second kappa shape index (κ2) is 3.42. The molecule has 2 aromatic heterocycles. The van der Waals surface area contributed by atoms with Crippen molar-refractivity contribution >= 4 is 22.8 Å². The minimum Gasteiger partial charge on any atom is -0.251 e. The van der Waals surface area contributed by atoms with Crippen molar-refractivity contribution in [2.24, 2.45) is 0 Å². The Morgan fingerprint density at radius 3 is 2.53 bits per heavy atom. The van der Waals surface area contributed by atoms with Gasteiger partial charge < -0.3 is 0 Å². The minimum atomic E-state index is -0.0226. The summed E-state index contributed by atoms with van der Waals surface area (Å²) in [6, 6.07) is 3.54. The van der Waals surface area contributed by atoms with Gasteiger partial charge in [0, 0.05) is 11.6 Å². The second-order valence-electron chi connectivity index (χ2n) is 4.48. The molecule has 0 saturated heterocycles. The lowest BCUT2D eigenvalue weighted by Crippen LogP contribution is -2.14. The van der Waals surface area contributed by atoms with E-state index in [1.807, 2.05) is 6.07 Å². The molecule has 0 radical (unpaired) electrons. The molecule has 15 heavy (non-hydrogen) atoms. The van der Waals surface area contributed by atoms with Crippen LogP contribution >= 0.6 is 11.6 Å². The molecule has 0 aliphatic rings. The molecule has 0 spiro atoms. The highest BCUT2D eigenvalue weighted by Gasteiger charge is 2.16. The molecule has 0 saturated carbocycles. The zero-order valence-corrected chi connectivity index (χ0v) is 9.71. The molecular formula is C11H12ClN3. The fraction of sp³-hybridized carbons (Fsp3) is 0.364. The third-order valence-corrected chi connectivity index (χ3v) is 2.35. The summed E-state index contributed by atoms with van der Waals surface area (Å²) in [4.78, 5) is 12.9. The van der Waals surface area contributed by atoms with Gasteiger partial charge in [0.25, 0.3) is 0 Å². The molecule has 0 N–H and O–H groups in total. The van der Waals surface area contributed by atoms with Crippen LogP contribution in [0.2, 0.25) is 5.15 Å². The van der Waals surface area contributed by atoms with Crippen molar-refractivity contribution in [2.75, 3.05) is 0 Å². The van der Waals surface area contributed by atoms with Crippen molar-refractivity contribution in [2.45, 2.75) is 26.2 Å². The first kappa shape index (κ1) is 10.3. The Morgan fingerprint density at radius 1 is 1.13 bits per heavy atom. The molecule has 2 heterocycles. The van der Waals surface area contributed by atoms with Crippen molar-refractivity contribution < 1.29 is 0 Å². The van der Waals surface area contributed by atoms with Crippen LogP contribution in [0, 0.1) is 0 Å². The summed E-state index contributed by atoms with van der Waals surface area (Å²) in [5, 5.41) is 0.447. The van der Waals surface area contributed by atoms with Crippen molar-refractivity contribution in [1.82, 2.24) is 15.0 Å². The predicted octanol–water partition coefficient (Wildman–Crippen LogP) is 2.98. The first-order valence-electron chi connectivity index (χ1n) is 4.76. The van der Waals surface area contributed by atoms with Crippen LogP contribution in [0.25, 0.3) is 11.2 Å². The molecule has 0 unspecified atom stereocenters. The molecular weight excluding hydrogens is 210 g/mol. The van der Waals surface area contributed by atoms with Gasteiger partial charge in [0.1, 0.15) is 10.7 Å². The van der Waals surface area contributed by atoms with E-state index in [-0.39, 0.29) is 5.41 Å². The van der Waals surface area contributed by atoms with E-state index in [9.17, 15) is 0 Å². The molecule has 0 bridgehead atoms. The van der Waals surface area contributed by atoms with Gasteiger partial charge in [0.2, 0.25) is 0 Å². The Labute approximate surface area is 93.5 Å². The zero-order chi connectivity index (χ0) is 11.1. The molecule has 0 aliphatic heterocycles. The standard InChI is InChI=1S/C11H12ClN3/c1-11(2,3)8-6-13-7-4-5-9(12)15-10(7)14-8/h4-6H,1-3H3. The van der Waals surface area contributed by atoms with Crippen LogP contribution in [-0.4, -0.2) is 15.0 Å². The van der Waals surface area contributed by atoms with E-state index < -0.39 is 0 Å². The summed E-state index contributed by atoms with van der Waals surface area (Å²) >= 11 is 5.81. The maximum atomic E-state index is 5.81. The van der Waals surface area contributed by atoms with Crippen LogP contribution in [0.1, 0.15) is 26.5 Å². The molecule has 0 atom stereocenters. The first-order valence-corrected chi connectivity index (χ1v) is 5.14. The van der Waals surface area contributed by atoms with Crippen molar-refractivity contribution in [3.8, 4) is 0 Å². The SMILES string of the molecule is CC(C)(C)c1cnc2ccc(Cl)nc2n1. The quantitative estimate of drug-likeness (QED) is 0.642.